The van der Waals surface area contributed by atoms with Crippen LogP contribution in [0.3, 0.4) is 0 Å². The molecule has 2 fully saturated rings. The molecule has 0 aliphatic carbocycles. The smallest absolute Gasteiger partial charge is 0.158 e. The standard InChI is InChI=1S/C8H14Br2O2.C3H5BrO.CH4/c9-5-7(6-10)12-8-3-1-2-4-11-8;4-1-3-2-5-3;/h7-8H,1-6H2;3H,1-2H2;1H4. The lowest BCUT2D eigenvalue weighted by molar-refractivity contribution is -0.178. The van der Waals surface area contributed by atoms with Crippen molar-refractivity contribution >= 4 is 47.8 Å². The molecule has 18 heavy (non-hydrogen) atoms. The summed E-state index contributed by atoms with van der Waals surface area (Å²) in [6.07, 6.45) is 4.24. The maximum Gasteiger partial charge on any atom is 0.158 e. The van der Waals surface area contributed by atoms with E-state index in [2.05, 4.69) is 47.8 Å². The zero-order valence-corrected chi connectivity index (χ0v) is 14.5. The van der Waals surface area contributed by atoms with Crippen molar-refractivity contribution in [2.24, 2.45) is 0 Å². The van der Waals surface area contributed by atoms with Gasteiger partial charge in [0.1, 0.15) is 0 Å². The Morgan fingerprint density at radius 1 is 1.11 bits per heavy atom. The van der Waals surface area contributed by atoms with Gasteiger partial charge in [-0.05, 0) is 19.3 Å². The summed E-state index contributed by atoms with van der Waals surface area (Å²) in [5.74, 6) is 0. The third kappa shape index (κ3) is 9.26. The lowest BCUT2D eigenvalue weighted by atomic mass is 10.2. The molecule has 2 aliphatic heterocycles. The Balaban J connectivity index is 0.000000405. The van der Waals surface area contributed by atoms with Crippen molar-refractivity contribution in [1.29, 1.82) is 0 Å². The fourth-order valence-corrected chi connectivity index (χ4v) is 3.06. The highest BCUT2D eigenvalue weighted by molar-refractivity contribution is 9.10. The van der Waals surface area contributed by atoms with Crippen LogP contribution < -0.4 is 0 Å². The van der Waals surface area contributed by atoms with Crippen LogP contribution in [0, 0.1) is 0 Å². The van der Waals surface area contributed by atoms with Gasteiger partial charge in [-0.1, -0.05) is 55.2 Å². The van der Waals surface area contributed by atoms with Crippen LogP contribution in [-0.2, 0) is 14.2 Å². The first kappa shape index (κ1) is 19.3. The van der Waals surface area contributed by atoms with Gasteiger partial charge in [-0.3, -0.25) is 0 Å². The Kier molecular flexibility index (Phi) is 13.0. The zero-order valence-electron chi connectivity index (χ0n) is 9.75. The highest BCUT2D eigenvalue weighted by atomic mass is 79.9. The predicted molar refractivity (Wildman–Crippen MR) is 86.3 cm³/mol. The average molecular weight is 455 g/mol. The summed E-state index contributed by atoms with van der Waals surface area (Å²) in [6.45, 7) is 1.81. The van der Waals surface area contributed by atoms with Crippen LogP contribution in [0.4, 0.5) is 0 Å². The summed E-state index contributed by atoms with van der Waals surface area (Å²) in [6, 6.07) is 0. The first-order chi connectivity index (χ1) is 8.30. The van der Waals surface area contributed by atoms with Gasteiger partial charge < -0.3 is 14.2 Å². The van der Waals surface area contributed by atoms with Gasteiger partial charge in [0.2, 0.25) is 0 Å². The number of hydrogen-bond acceptors (Lipinski definition) is 3. The van der Waals surface area contributed by atoms with Crippen molar-refractivity contribution in [3.63, 3.8) is 0 Å². The Bertz CT molecular complexity index is 181. The number of alkyl halides is 3. The molecule has 0 spiro atoms. The number of hydrogen-bond donors (Lipinski definition) is 0. The number of ether oxygens (including phenoxy) is 3. The molecule has 0 saturated carbocycles. The quantitative estimate of drug-likeness (QED) is 0.463. The van der Waals surface area contributed by atoms with E-state index in [0.29, 0.717) is 6.10 Å². The predicted octanol–water partition coefficient (Wildman–Crippen LogP) is 4.10. The van der Waals surface area contributed by atoms with E-state index in [0.717, 1.165) is 35.6 Å². The van der Waals surface area contributed by atoms with Crippen LogP contribution in [0.1, 0.15) is 26.7 Å². The topological polar surface area (TPSA) is 31.0 Å². The average Bonchev–Trinajstić information content (AvgIpc) is 3.22. The first-order valence-electron chi connectivity index (χ1n) is 5.86. The van der Waals surface area contributed by atoms with Gasteiger partial charge in [-0.2, -0.15) is 0 Å². The van der Waals surface area contributed by atoms with Crippen molar-refractivity contribution in [2.75, 3.05) is 29.2 Å². The molecule has 6 heteroatoms. The lowest BCUT2D eigenvalue weighted by Crippen LogP contribution is -2.29. The highest BCUT2D eigenvalue weighted by Gasteiger charge is 2.19. The molecule has 0 N–H and O–H groups in total. The van der Waals surface area contributed by atoms with Gasteiger partial charge in [0, 0.05) is 22.6 Å². The normalized spacial score (nSPS) is 26.0. The molecule has 2 aliphatic rings. The summed E-state index contributed by atoms with van der Waals surface area (Å²) in [7, 11) is 0. The van der Waals surface area contributed by atoms with E-state index in [9.17, 15) is 0 Å². The molecule has 2 saturated heterocycles. The van der Waals surface area contributed by atoms with Crippen LogP contribution in [0.15, 0.2) is 0 Å². The minimum absolute atomic E-state index is 0. The fourth-order valence-electron chi connectivity index (χ4n) is 1.30. The van der Waals surface area contributed by atoms with E-state index in [1.807, 2.05) is 0 Å². The molecule has 2 heterocycles. The van der Waals surface area contributed by atoms with Gasteiger partial charge >= 0.3 is 0 Å². The largest absolute Gasteiger partial charge is 0.372 e. The molecule has 0 amide bonds. The second-order valence-corrected chi connectivity index (χ2v) is 5.91. The van der Waals surface area contributed by atoms with Crippen molar-refractivity contribution in [3.05, 3.63) is 0 Å². The maximum atomic E-state index is 5.67. The zero-order chi connectivity index (χ0) is 12.5. The second-order valence-electron chi connectivity index (χ2n) is 3.97. The molecular weight excluding hydrogens is 432 g/mol. The molecule has 2 rings (SSSR count). The number of rotatable bonds is 5. The monoisotopic (exact) mass is 452 g/mol. The van der Waals surface area contributed by atoms with Gasteiger partial charge in [-0.25, -0.2) is 0 Å². The molecule has 0 aromatic carbocycles. The molecule has 2 unspecified atom stereocenters. The highest BCUT2D eigenvalue weighted by Crippen LogP contribution is 2.16. The van der Waals surface area contributed by atoms with Crippen molar-refractivity contribution in [1.82, 2.24) is 0 Å². The number of epoxide rings is 1. The summed E-state index contributed by atoms with van der Waals surface area (Å²) < 4.78 is 15.9. The minimum Gasteiger partial charge on any atom is -0.372 e. The molecule has 0 aromatic heterocycles. The lowest BCUT2D eigenvalue weighted by Gasteiger charge is -2.25. The number of halogens is 3. The van der Waals surface area contributed by atoms with Crippen molar-refractivity contribution in [3.8, 4) is 0 Å². The SMILES string of the molecule is BrCC(CBr)OC1CCCCO1.BrCC1CO1.C. The van der Waals surface area contributed by atoms with Crippen molar-refractivity contribution in [2.45, 2.75) is 45.2 Å². The molecule has 2 atom stereocenters. The Labute approximate surface area is 136 Å². The Morgan fingerprint density at radius 3 is 2.11 bits per heavy atom. The Hall–Kier alpha value is 1.32. The third-order valence-corrected chi connectivity index (χ3v) is 4.57. The summed E-state index contributed by atoms with van der Waals surface area (Å²) >= 11 is 10.0. The molecule has 3 nitrogen and oxygen atoms in total. The molecule has 0 aromatic rings. The van der Waals surface area contributed by atoms with Gasteiger partial charge in [0.25, 0.3) is 0 Å². The summed E-state index contributed by atoms with van der Waals surface area (Å²) in [5, 5.41) is 2.73. The summed E-state index contributed by atoms with van der Waals surface area (Å²) in [5.41, 5.74) is 0. The molecule has 0 radical (unpaired) electrons. The van der Waals surface area contributed by atoms with Crippen molar-refractivity contribution < 1.29 is 14.2 Å². The first-order valence-corrected chi connectivity index (χ1v) is 9.23. The second kappa shape index (κ2) is 12.1. The van der Waals surface area contributed by atoms with E-state index in [1.54, 1.807) is 0 Å². The molecule has 0 bridgehead atoms. The van der Waals surface area contributed by atoms with E-state index >= 15 is 0 Å². The Morgan fingerprint density at radius 2 is 1.78 bits per heavy atom. The minimum atomic E-state index is 0. The van der Waals surface area contributed by atoms with Gasteiger partial charge in [0.05, 0.1) is 18.8 Å². The van der Waals surface area contributed by atoms with Crippen LogP contribution in [0.25, 0.3) is 0 Å². The fraction of sp³-hybridized carbons (Fsp3) is 1.00. The van der Waals surface area contributed by atoms with Gasteiger partial charge in [-0.15, -0.1) is 0 Å². The maximum absolute atomic E-state index is 5.67. The van der Waals surface area contributed by atoms with E-state index in [1.165, 1.54) is 12.8 Å². The van der Waals surface area contributed by atoms with Crippen LogP contribution in [-0.4, -0.2) is 47.7 Å². The summed E-state index contributed by atoms with van der Waals surface area (Å²) in [4.78, 5) is 0. The van der Waals surface area contributed by atoms with Crippen LogP contribution >= 0.6 is 47.8 Å². The molecule has 110 valence electrons. The van der Waals surface area contributed by atoms with Crippen LogP contribution in [0.2, 0.25) is 0 Å². The van der Waals surface area contributed by atoms with E-state index in [4.69, 9.17) is 14.2 Å². The third-order valence-electron chi connectivity index (χ3n) is 2.40. The molecular formula is C12H23Br3O3. The van der Waals surface area contributed by atoms with E-state index in [-0.39, 0.29) is 19.8 Å². The van der Waals surface area contributed by atoms with Gasteiger partial charge in [0.15, 0.2) is 6.29 Å². The van der Waals surface area contributed by atoms with Crippen LogP contribution in [0.5, 0.6) is 0 Å². The van der Waals surface area contributed by atoms with E-state index < -0.39 is 0 Å².